The number of carbonyl (C=O) groups is 1. The molecule has 0 fully saturated rings. The average molecular weight is 398 g/mol. The van der Waals surface area contributed by atoms with Crippen LogP contribution in [0.25, 0.3) is 11.5 Å². The molecule has 0 atom stereocenters. The molecule has 1 amide bonds. The van der Waals surface area contributed by atoms with Gasteiger partial charge in [0, 0.05) is 16.6 Å². The van der Waals surface area contributed by atoms with Gasteiger partial charge in [-0.25, -0.2) is 0 Å². The van der Waals surface area contributed by atoms with Crippen molar-refractivity contribution in [2.45, 2.75) is 46.7 Å². The van der Waals surface area contributed by atoms with Gasteiger partial charge in [0.25, 0.3) is 0 Å². The van der Waals surface area contributed by atoms with Crippen LogP contribution in [-0.2, 0) is 17.8 Å². The van der Waals surface area contributed by atoms with Crippen molar-refractivity contribution in [2.24, 2.45) is 0 Å². The Bertz CT molecular complexity index is 964. The highest BCUT2D eigenvalue weighted by atomic mass is 35.5. The Morgan fingerprint density at radius 1 is 1.07 bits per heavy atom. The lowest BCUT2D eigenvalue weighted by Crippen LogP contribution is -2.37. The van der Waals surface area contributed by atoms with E-state index in [1.807, 2.05) is 38.1 Å². The lowest BCUT2D eigenvalue weighted by atomic mass is 10.0. The summed E-state index contributed by atoms with van der Waals surface area (Å²) in [4.78, 5) is 14.6. The third-order valence-electron chi connectivity index (χ3n) is 4.73. The third-order valence-corrected chi connectivity index (χ3v) is 4.99. The number of hydrogen-bond acceptors (Lipinski definition) is 4. The summed E-state index contributed by atoms with van der Waals surface area (Å²) in [6, 6.07) is 13.3. The zero-order valence-electron chi connectivity index (χ0n) is 16.6. The molecule has 2 aromatic carbocycles. The highest BCUT2D eigenvalue weighted by molar-refractivity contribution is 6.30. The molecule has 1 heterocycles. The minimum absolute atomic E-state index is 0.0185. The molecule has 0 bridgehead atoms. The SMILES string of the molecule is Cc1ccc(CC(=O)N(Cc2nnc(-c3ccc(Cl)cc3)o2)C(C)C)cc1C. The second kappa shape index (κ2) is 8.57. The lowest BCUT2D eigenvalue weighted by Gasteiger charge is -2.25. The van der Waals surface area contributed by atoms with Crippen molar-refractivity contribution in [3.05, 3.63) is 70.1 Å². The van der Waals surface area contributed by atoms with Gasteiger partial charge in [-0.05, 0) is 68.7 Å². The fourth-order valence-electron chi connectivity index (χ4n) is 2.92. The van der Waals surface area contributed by atoms with Crippen molar-refractivity contribution in [3.63, 3.8) is 0 Å². The number of halogens is 1. The van der Waals surface area contributed by atoms with Gasteiger partial charge in [0.1, 0.15) is 0 Å². The molecule has 0 saturated heterocycles. The van der Waals surface area contributed by atoms with Gasteiger partial charge in [0.05, 0.1) is 13.0 Å². The number of carbonyl (C=O) groups excluding carboxylic acids is 1. The second-order valence-corrected chi connectivity index (χ2v) is 7.66. The molecule has 0 unspecified atom stereocenters. The van der Waals surface area contributed by atoms with E-state index in [0.717, 1.165) is 11.1 Å². The largest absolute Gasteiger partial charge is 0.419 e. The smallest absolute Gasteiger partial charge is 0.247 e. The monoisotopic (exact) mass is 397 g/mol. The Morgan fingerprint density at radius 3 is 2.43 bits per heavy atom. The van der Waals surface area contributed by atoms with Gasteiger partial charge in [0.15, 0.2) is 0 Å². The summed E-state index contributed by atoms with van der Waals surface area (Å²) in [6.07, 6.45) is 0.345. The van der Waals surface area contributed by atoms with Crippen LogP contribution in [0.5, 0.6) is 0 Å². The highest BCUT2D eigenvalue weighted by Crippen LogP contribution is 2.21. The highest BCUT2D eigenvalue weighted by Gasteiger charge is 2.21. The molecule has 28 heavy (non-hydrogen) atoms. The normalized spacial score (nSPS) is 11.1. The van der Waals surface area contributed by atoms with E-state index in [4.69, 9.17) is 16.0 Å². The van der Waals surface area contributed by atoms with Crippen LogP contribution in [0, 0.1) is 13.8 Å². The van der Waals surface area contributed by atoms with Crippen molar-refractivity contribution in [1.29, 1.82) is 0 Å². The number of rotatable bonds is 6. The quantitative estimate of drug-likeness (QED) is 0.588. The molecule has 146 valence electrons. The lowest BCUT2D eigenvalue weighted by molar-refractivity contribution is -0.133. The first kappa shape index (κ1) is 20.1. The molecule has 0 aliphatic heterocycles. The van der Waals surface area contributed by atoms with Gasteiger partial charge in [0.2, 0.25) is 17.7 Å². The molecule has 3 rings (SSSR count). The Morgan fingerprint density at radius 2 is 1.79 bits per heavy atom. The molecule has 0 aliphatic carbocycles. The van der Waals surface area contributed by atoms with Crippen LogP contribution in [0.2, 0.25) is 5.02 Å². The van der Waals surface area contributed by atoms with E-state index < -0.39 is 0 Å². The molecule has 3 aromatic rings. The van der Waals surface area contributed by atoms with Crippen LogP contribution in [0.15, 0.2) is 46.9 Å². The summed E-state index contributed by atoms with van der Waals surface area (Å²) in [6.45, 7) is 8.36. The standard InChI is InChI=1S/C22H24ClN3O2/c1-14(2)26(21(27)12-17-6-5-15(3)16(4)11-17)13-20-24-25-22(28-20)18-7-9-19(23)10-8-18/h5-11,14H,12-13H2,1-4H3. The number of hydrogen-bond donors (Lipinski definition) is 0. The van der Waals surface area contributed by atoms with Crippen LogP contribution in [0.4, 0.5) is 0 Å². The summed E-state index contributed by atoms with van der Waals surface area (Å²) in [7, 11) is 0. The minimum atomic E-state index is 0.0185. The maximum absolute atomic E-state index is 12.9. The van der Waals surface area contributed by atoms with E-state index in [9.17, 15) is 4.79 Å². The Hall–Kier alpha value is -2.66. The van der Waals surface area contributed by atoms with Gasteiger partial charge in [-0.15, -0.1) is 10.2 Å². The summed E-state index contributed by atoms with van der Waals surface area (Å²) < 4.78 is 5.77. The number of aryl methyl sites for hydroxylation is 2. The van der Waals surface area contributed by atoms with Crippen molar-refractivity contribution < 1.29 is 9.21 Å². The minimum Gasteiger partial charge on any atom is -0.419 e. The molecule has 1 aromatic heterocycles. The molecule has 0 saturated carbocycles. The van der Waals surface area contributed by atoms with Crippen molar-refractivity contribution in [2.75, 3.05) is 0 Å². The molecule has 0 spiro atoms. The predicted octanol–water partition coefficient (Wildman–Crippen LogP) is 4.99. The van der Waals surface area contributed by atoms with Gasteiger partial charge >= 0.3 is 0 Å². The topological polar surface area (TPSA) is 59.2 Å². The van der Waals surface area contributed by atoms with E-state index >= 15 is 0 Å². The second-order valence-electron chi connectivity index (χ2n) is 7.22. The molecular formula is C22H24ClN3O2. The first-order valence-corrected chi connectivity index (χ1v) is 9.65. The van der Waals surface area contributed by atoms with Crippen LogP contribution >= 0.6 is 11.6 Å². The molecule has 5 nitrogen and oxygen atoms in total. The van der Waals surface area contributed by atoms with E-state index in [-0.39, 0.29) is 18.5 Å². The van der Waals surface area contributed by atoms with E-state index in [2.05, 4.69) is 30.1 Å². The molecule has 0 aliphatic rings. The maximum Gasteiger partial charge on any atom is 0.247 e. The van der Waals surface area contributed by atoms with Crippen molar-refractivity contribution in [1.82, 2.24) is 15.1 Å². The first-order chi connectivity index (χ1) is 13.3. The number of amides is 1. The molecule has 0 N–H and O–H groups in total. The number of nitrogens with zero attached hydrogens (tertiary/aromatic N) is 3. The fourth-order valence-corrected chi connectivity index (χ4v) is 3.05. The third kappa shape index (κ3) is 4.78. The summed E-state index contributed by atoms with van der Waals surface area (Å²) in [5, 5.41) is 8.85. The fraction of sp³-hybridized carbons (Fsp3) is 0.318. The number of benzene rings is 2. The predicted molar refractivity (Wildman–Crippen MR) is 110 cm³/mol. The molecular weight excluding hydrogens is 374 g/mol. The van der Waals surface area contributed by atoms with E-state index in [1.165, 1.54) is 11.1 Å². The van der Waals surface area contributed by atoms with Gasteiger partial charge in [-0.1, -0.05) is 29.8 Å². The summed E-state index contributed by atoms with van der Waals surface area (Å²) >= 11 is 5.92. The van der Waals surface area contributed by atoms with Crippen LogP contribution < -0.4 is 0 Å². The zero-order valence-corrected chi connectivity index (χ0v) is 17.3. The maximum atomic E-state index is 12.9. The Labute approximate surface area is 170 Å². The van der Waals surface area contributed by atoms with Gasteiger partial charge in [-0.3, -0.25) is 4.79 Å². The van der Waals surface area contributed by atoms with E-state index in [0.29, 0.717) is 23.2 Å². The van der Waals surface area contributed by atoms with Crippen molar-refractivity contribution in [3.8, 4) is 11.5 Å². The van der Waals surface area contributed by atoms with E-state index in [1.54, 1.807) is 17.0 Å². The number of aromatic nitrogens is 2. The molecule has 0 radical (unpaired) electrons. The van der Waals surface area contributed by atoms with Crippen LogP contribution in [0.1, 0.15) is 36.4 Å². The first-order valence-electron chi connectivity index (χ1n) is 9.27. The van der Waals surface area contributed by atoms with Gasteiger partial charge < -0.3 is 9.32 Å². The Balaban J connectivity index is 1.73. The Kier molecular flexibility index (Phi) is 6.15. The molecule has 6 heteroatoms. The van der Waals surface area contributed by atoms with Crippen molar-refractivity contribution >= 4 is 17.5 Å². The van der Waals surface area contributed by atoms with Crippen LogP contribution in [0.3, 0.4) is 0 Å². The van der Waals surface area contributed by atoms with Crippen LogP contribution in [-0.4, -0.2) is 27.0 Å². The summed E-state index contributed by atoms with van der Waals surface area (Å²) in [5.74, 6) is 0.855. The summed E-state index contributed by atoms with van der Waals surface area (Å²) in [5.41, 5.74) is 4.20. The zero-order chi connectivity index (χ0) is 20.3. The van der Waals surface area contributed by atoms with Gasteiger partial charge in [-0.2, -0.15) is 0 Å². The average Bonchev–Trinajstić information content (AvgIpc) is 3.12.